The predicted molar refractivity (Wildman–Crippen MR) is 126 cm³/mol. The Morgan fingerprint density at radius 2 is 1.60 bits per heavy atom. The number of amides is 2. The lowest BCUT2D eigenvalue weighted by atomic mass is 9.97. The highest BCUT2D eigenvalue weighted by molar-refractivity contribution is 7.15. The van der Waals surface area contributed by atoms with Crippen LogP contribution in [0.3, 0.4) is 0 Å². The van der Waals surface area contributed by atoms with E-state index in [1.54, 1.807) is 29.2 Å². The van der Waals surface area contributed by atoms with Gasteiger partial charge in [0.05, 0.1) is 6.04 Å². The van der Waals surface area contributed by atoms with E-state index in [2.05, 4.69) is 4.90 Å². The third-order valence-corrected chi connectivity index (χ3v) is 8.33. The van der Waals surface area contributed by atoms with Crippen LogP contribution in [0.4, 0.5) is 13.2 Å². The number of thiophene rings is 1. The number of hydrogen-bond donors (Lipinski definition) is 0. The smallest absolute Gasteiger partial charge is 0.335 e. The zero-order chi connectivity index (χ0) is 24.3. The minimum atomic E-state index is -4.35. The molecule has 0 saturated carbocycles. The average Bonchev–Trinajstić information content (AvgIpc) is 3.40. The van der Waals surface area contributed by atoms with Crippen molar-refractivity contribution in [1.82, 2.24) is 14.7 Å². The van der Waals surface area contributed by atoms with Crippen molar-refractivity contribution in [3.63, 3.8) is 0 Å². The summed E-state index contributed by atoms with van der Waals surface area (Å²) in [6.45, 7) is 3.59. The third kappa shape index (κ3) is 3.92. The minimum Gasteiger partial charge on any atom is -0.335 e. The zero-order valence-electron chi connectivity index (χ0n) is 18.7. The van der Waals surface area contributed by atoms with Gasteiger partial charge in [-0.1, -0.05) is 30.3 Å². The van der Waals surface area contributed by atoms with Gasteiger partial charge in [-0.05, 0) is 41.5 Å². The molecule has 3 aliphatic rings. The van der Waals surface area contributed by atoms with Crippen LogP contribution in [0.25, 0.3) is 10.4 Å². The molecule has 3 aliphatic heterocycles. The van der Waals surface area contributed by atoms with E-state index in [1.165, 1.54) is 6.07 Å². The maximum Gasteiger partial charge on any atom is 0.425 e. The molecule has 35 heavy (non-hydrogen) atoms. The zero-order valence-corrected chi connectivity index (χ0v) is 19.5. The molecule has 6 rings (SSSR count). The van der Waals surface area contributed by atoms with Gasteiger partial charge in [0.15, 0.2) is 0 Å². The van der Waals surface area contributed by atoms with Gasteiger partial charge in [0.25, 0.3) is 11.8 Å². The van der Waals surface area contributed by atoms with Gasteiger partial charge in [-0.2, -0.15) is 13.2 Å². The molecule has 0 radical (unpaired) electrons. The van der Waals surface area contributed by atoms with Crippen molar-refractivity contribution in [2.45, 2.75) is 24.8 Å². The molecule has 0 aliphatic carbocycles. The first kappa shape index (κ1) is 22.3. The highest BCUT2D eigenvalue weighted by Crippen LogP contribution is 2.38. The second kappa shape index (κ2) is 8.20. The predicted octanol–water partition coefficient (Wildman–Crippen LogP) is 4.60. The molecular weight excluding hydrogens is 475 g/mol. The Morgan fingerprint density at radius 1 is 0.886 bits per heavy atom. The highest BCUT2D eigenvalue weighted by Gasteiger charge is 2.45. The first-order valence-corrected chi connectivity index (χ1v) is 12.3. The quantitative estimate of drug-likeness (QED) is 0.529. The SMILES string of the molecule is O=C(c1ccc(-c2ccc(C(F)(F)F)s2)cc1)N1CC(N2CC(N3Cc4ccccc4C3=O)C2)C1. The van der Waals surface area contributed by atoms with E-state index in [0.717, 1.165) is 30.3 Å². The lowest BCUT2D eigenvalue weighted by molar-refractivity contribution is -0.134. The number of carbonyl (C=O) groups excluding carboxylic acids is 2. The summed E-state index contributed by atoms with van der Waals surface area (Å²) in [6.07, 6.45) is -4.35. The van der Waals surface area contributed by atoms with Gasteiger partial charge in [0.2, 0.25) is 0 Å². The molecule has 9 heteroatoms. The van der Waals surface area contributed by atoms with Crippen LogP contribution in [0.5, 0.6) is 0 Å². The number of hydrogen-bond acceptors (Lipinski definition) is 4. The van der Waals surface area contributed by atoms with E-state index in [0.29, 0.717) is 53.0 Å². The largest absolute Gasteiger partial charge is 0.425 e. The van der Waals surface area contributed by atoms with Crippen LogP contribution in [0, 0.1) is 0 Å². The van der Waals surface area contributed by atoms with Crippen molar-refractivity contribution >= 4 is 23.2 Å². The van der Waals surface area contributed by atoms with Crippen LogP contribution in [0.15, 0.2) is 60.7 Å². The summed E-state index contributed by atoms with van der Waals surface area (Å²) in [7, 11) is 0. The Labute approximate surface area is 204 Å². The number of halogens is 3. The van der Waals surface area contributed by atoms with E-state index in [-0.39, 0.29) is 17.9 Å². The van der Waals surface area contributed by atoms with E-state index >= 15 is 0 Å². The van der Waals surface area contributed by atoms with Gasteiger partial charge in [-0.15, -0.1) is 11.3 Å². The number of benzene rings is 2. The molecule has 2 fully saturated rings. The lowest BCUT2D eigenvalue weighted by Crippen LogP contribution is -2.70. The van der Waals surface area contributed by atoms with Gasteiger partial charge < -0.3 is 9.80 Å². The Bertz CT molecular complexity index is 1290. The van der Waals surface area contributed by atoms with Crippen molar-refractivity contribution < 1.29 is 22.8 Å². The number of carbonyl (C=O) groups is 2. The normalized spacial score (nSPS) is 19.0. The minimum absolute atomic E-state index is 0.0720. The van der Waals surface area contributed by atoms with Crippen molar-refractivity contribution in [2.75, 3.05) is 26.2 Å². The molecule has 2 amide bonds. The molecule has 3 aromatic rings. The average molecular weight is 498 g/mol. The van der Waals surface area contributed by atoms with Crippen LogP contribution in [-0.2, 0) is 12.7 Å². The fourth-order valence-corrected chi connectivity index (χ4v) is 5.89. The van der Waals surface area contributed by atoms with Crippen molar-refractivity contribution in [2.24, 2.45) is 0 Å². The molecule has 2 saturated heterocycles. The summed E-state index contributed by atoms with van der Waals surface area (Å²) in [4.78, 5) is 31.4. The molecule has 0 N–H and O–H groups in total. The van der Waals surface area contributed by atoms with Gasteiger partial charge in [0.1, 0.15) is 4.88 Å². The molecule has 0 atom stereocenters. The highest BCUT2D eigenvalue weighted by atomic mass is 32.1. The van der Waals surface area contributed by atoms with Gasteiger partial charge >= 0.3 is 6.18 Å². The number of rotatable bonds is 4. The Morgan fingerprint density at radius 3 is 2.26 bits per heavy atom. The number of likely N-dealkylation sites (tertiary alicyclic amines) is 2. The monoisotopic (exact) mass is 497 g/mol. The number of fused-ring (bicyclic) bond motifs is 1. The molecule has 2 aromatic carbocycles. The summed E-state index contributed by atoms with van der Waals surface area (Å²) in [5, 5.41) is 0. The molecule has 180 valence electrons. The lowest BCUT2D eigenvalue weighted by Gasteiger charge is -2.53. The van der Waals surface area contributed by atoms with Crippen LogP contribution in [-0.4, -0.2) is 64.8 Å². The maximum absolute atomic E-state index is 12.9. The van der Waals surface area contributed by atoms with Crippen LogP contribution in [0.1, 0.15) is 31.2 Å². The van der Waals surface area contributed by atoms with Crippen LogP contribution in [0.2, 0.25) is 0 Å². The van der Waals surface area contributed by atoms with E-state index in [9.17, 15) is 22.8 Å². The fourth-order valence-electron chi connectivity index (χ4n) is 5.01. The van der Waals surface area contributed by atoms with Crippen LogP contribution >= 0.6 is 11.3 Å². The Balaban J connectivity index is 1.01. The summed E-state index contributed by atoms with van der Waals surface area (Å²) < 4.78 is 38.6. The molecule has 1 aromatic heterocycles. The van der Waals surface area contributed by atoms with Gasteiger partial charge in [-0.25, -0.2) is 0 Å². The second-order valence-electron chi connectivity index (χ2n) is 9.30. The molecule has 4 heterocycles. The Kier molecular flexibility index (Phi) is 5.23. The van der Waals surface area contributed by atoms with E-state index in [1.807, 2.05) is 29.2 Å². The fraction of sp³-hybridized carbons (Fsp3) is 0.308. The molecular formula is C26H22F3N3O2S. The number of alkyl halides is 3. The summed E-state index contributed by atoms with van der Waals surface area (Å²) in [5.41, 5.74) is 3.08. The molecule has 0 bridgehead atoms. The second-order valence-corrected chi connectivity index (χ2v) is 10.4. The van der Waals surface area contributed by atoms with Crippen LogP contribution < -0.4 is 0 Å². The maximum atomic E-state index is 12.9. The summed E-state index contributed by atoms with van der Waals surface area (Å²) in [5.74, 6) is 0.0356. The topological polar surface area (TPSA) is 43.9 Å². The van der Waals surface area contributed by atoms with Gasteiger partial charge in [-0.3, -0.25) is 14.5 Å². The van der Waals surface area contributed by atoms with E-state index in [4.69, 9.17) is 0 Å². The first-order chi connectivity index (χ1) is 16.8. The first-order valence-electron chi connectivity index (χ1n) is 11.5. The third-order valence-electron chi connectivity index (χ3n) is 7.15. The van der Waals surface area contributed by atoms with Crippen molar-refractivity contribution in [3.05, 3.63) is 82.2 Å². The standard InChI is InChI=1S/C26H22F3N3O2S/c27-26(28,29)23-10-9-22(35-23)16-5-7-17(8-6-16)24(33)31-12-19(13-31)30-14-20(15-30)32-11-18-3-1-2-4-21(18)25(32)34/h1-10,19-20H,11-15H2. The van der Waals surface area contributed by atoms with Gasteiger partial charge in [0, 0.05) is 54.8 Å². The molecule has 5 nitrogen and oxygen atoms in total. The molecule has 0 spiro atoms. The number of nitrogens with zero attached hydrogens (tertiary/aromatic N) is 3. The van der Waals surface area contributed by atoms with Crippen molar-refractivity contribution in [1.29, 1.82) is 0 Å². The van der Waals surface area contributed by atoms with E-state index < -0.39 is 11.1 Å². The molecule has 0 unspecified atom stereocenters. The summed E-state index contributed by atoms with van der Waals surface area (Å²) in [6, 6.07) is 17.5. The Hall–Kier alpha value is -3.17. The summed E-state index contributed by atoms with van der Waals surface area (Å²) >= 11 is 0.697. The van der Waals surface area contributed by atoms with Crippen molar-refractivity contribution in [3.8, 4) is 10.4 Å².